The normalized spacial score (nSPS) is 13.9. The number of nitrogens with one attached hydrogen (secondary N) is 2. The van der Waals surface area contributed by atoms with Gasteiger partial charge >= 0.3 is 5.97 Å². The van der Waals surface area contributed by atoms with Gasteiger partial charge in [0, 0.05) is 35.2 Å². The smallest absolute Gasteiger partial charge is 0.338 e. The molecule has 0 aliphatic carbocycles. The second-order valence-electron chi connectivity index (χ2n) is 6.02. The fraction of sp³-hybridized carbons (Fsp3) is 0.176. The van der Waals surface area contributed by atoms with Crippen molar-refractivity contribution in [2.24, 2.45) is 0 Å². The van der Waals surface area contributed by atoms with Gasteiger partial charge in [0.05, 0.1) is 11.9 Å². The minimum absolute atomic E-state index is 0.112. The molecule has 0 bridgehead atoms. The maximum Gasteiger partial charge on any atom is 0.338 e. The van der Waals surface area contributed by atoms with Crippen LogP contribution in [0.25, 0.3) is 5.69 Å². The van der Waals surface area contributed by atoms with Gasteiger partial charge in [0.2, 0.25) is 0 Å². The second kappa shape index (κ2) is 6.80. The standard InChI is InChI=1S/C17H16N4O4S2/c22-16(23)15-13-5-6-18-9-14(13)26-17(15)27(24,25)20-11-1-3-12(4-2-11)21-8-7-19-10-21/h1-4,7-8,10,18,20H,5-6,9H2,(H,22,23). The topological polar surface area (TPSA) is 113 Å². The van der Waals surface area contributed by atoms with E-state index in [1.807, 2.05) is 0 Å². The van der Waals surface area contributed by atoms with Crippen LogP contribution in [0.4, 0.5) is 5.69 Å². The summed E-state index contributed by atoms with van der Waals surface area (Å²) in [6.07, 6.45) is 5.57. The van der Waals surface area contributed by atoms with E-state index < -0.39 is 16.0 Å². The Morgan fingerprint density at radius 2 is 2.07 bits per heavy atom. The third-order valence-electron chi connectivity index (χ3n) is 4.28. The van der Waals surface area contributed by atoms with Crippen LogP contribution in [-0.4, -0.2) is 35.6 Å². The first-order chi connectivity index (χ1) is 13.0. The van der Waals surface area contributed by atoms with Crippen molar-refractivity contribution in [2.45, 2.75) is 17.2 Å². The third-order valence-corrected chi connectivity index (χ3v) is 7.41. The number of hydrogen-bond acceptors (Lipinski definition) is 6. The lowest BCUT2D eigenvalue weighted by Gasteiger charge is -2.12. The second-order valence-corrected chi connectivity index (χ2v) is 9.00. The minimum atomic E-state index is -4.01. The number of nitrogens with zero attached hydrogens (tertiary/aromatic N) is 2. The van der Waals surface area contributed by atoms with Gasteiger partial charge in [-0.25, -0.2) is 18.2 Å². The van der Waals surface area contributed by atoms with Crippen LogP contribution in [-0.2, 0) is 23.0 Å². The van der Waals surface area contributed by atoms with Crippen molar-refractivity contribution in [1.29, 1.82) is 0 Å². The highest BCUT2D eigenvalue weighted by atomic mass is 32.2. The van der Waals surface area contributed by atoms with E-state index >= 15 is 0 Å². The minimum Gasteiger partial charge on any atom is -0.478 e. The van der Waals surface area contributed by atoms with Crippen molar-refractivity contribution in [3.63, 3.8) is 0 Å². The largest absolute Gasteiger partial charge is 0.478 e. The molecule has 0 amide bonds. The lowest BCUT2D eigenvalue weighted by molar-refractivity contribution is 0.0692. The Labute approximate surface area is 159 Å². The SMILES string of the molecule is O=C(O)c1c(S(=O)(=O)Nc2ccc(-n3ccnc3)cc2)sc2c1CCNC2. The summed E-state index contributed by atoms with van der Waals surface area (Å²) in [5, 5.41) is 12.7. The number of thiophene rings is 1. The van der Waals surface area contributed by atoms with Gasteiger partial charge < -0.3 is 15.0 Å². The van der Waals surface area contributed by atoms with Crippen LogP contribution < -0.4 is 10.0 Å². The highest BCUT2D eigenvalue weighted by Crippen LogP contribution is 2.35. The van der Waals surface area contributed by atoms with E-state index in [2.05, 4.69) is 15.0 Å². The number of hydrogen-bond donors (Lipinski definition) is 3. The Balaban J connectivity index is 1.66. The molecular weight excluding hydrogens is 388 g/mol. The summed E-state index contributed by atoms with van der Waals surface area (Å²) >= 11 is 1.01. The quantitative estimate of drug-likeness (QED) is 0.600. The first-order valence-corrected chi connectivity index (χ1v) is 10.5. The Hall–Kier alpha value is -2.69. The summed E-state index contributed by atoms with van der Waals surface area (Å²) in [4.78, 5) is 16.4. The van der Waals surface area contributed by atoms with Gasteiger partial charge in [-0.05, 0) is 42.8 Å². The maximum atomic E-state index is 12.9. The first-order valence-electron chi connectivity index (χ1n) is 8.15. The van der Waals surface area contributed by atoms with E-state index in [1.54, 1.807) is 47.6 Å². The van der Waals surface area contributed by atoms with Gasteiger partial charge in [-0.3, -0.25) is 4.72 Å². The number of sulfonamides is 1. The molecule has 2 aromatic heterocycles. The Kier molecular flexibility index (Phi) is 4.46. The molecule has 0 saturated carbocycles. The van der Waals surface area contributed by atoms with E-state index in [1.165, 1.54) is 0 Å². The van der Waals surface area contributed by atoms with E-state index in [9.17, 15) is 18.3 Å². The molecule has 8 nitrogen and oxygen atoms in total. The van der Waals surface area contributed by atoms with Crippen molar-refractivity contribution in [3.05, 3.63) is 59.0 Å². The average Bonchev–Trinajstić information content (AvgIpc) is 3.30. The molecule has 0 spiro atoms. The molecule has 4 rings (SSSR count). The number of rotatable bonds is 5. The number of imidazole rings is 1. The van der Waals surface area contributed by atoms with Gasteiger partial charge in [0.1, 0.15) is 0 Å². The number of carboxylic acids is 1. The molecule has 3 N–H and O–H groups in total. The van der Waals surface area contributed by atoms with Crippen molar-refractivity contribution >= 4 is 33.0 Å². The van der Waals surface area contributed by atoms with Crippen LogP contribution in [0.2, 0.25) is 0 Å². The molecule has 0 fully saturated rings. The Morgan fingerprint density at radius 3 is 2.74 bits per heavy atom. The molecule has 3 aromatic rings. The fourth-order valence-electron chi connectivity index (χ4n) is 3.03. The highest BCUT2D eigenvalue weighted by molar-refractivity contribution is 7.94. The summed E-state index contributed by atoms with van der Waals surface area (Å²) in [6.45, 7) is 1.11. The predicted molar refractivity (Wildman–Crippen MR) is 101 cm³/mol. The fourth-order valence-corrected chi connectivity index (χ4v) is 5.95. The lowest BCUT2D eigenvalue weighted by atomic mass is 10.1. The summed E-state index contributed by atoms with van der Waals surface area (Å²) in [6, 6.07) is 6.76. The van der Waals surface area contributed by atoms with Crippen LogP contribution in [0.1, 0.15) is 20.8 Å². The molecule has 0 atom stereocenters. The van der Waals surface area contributed by atoms with Gasteiger partial charge in [0.15, 0.2) is 4.21 Å². The van der Waals surface area contributed by atoms with Crippen LogP contribution in [0, 0.1) is 0 Å². The van der Waals surface area contributed by atoms with E-state index in [0.29, 0.717) is 30.8 Å². The number of anilines is 1. The number of benzene rings is 1. The van der Waals surface area contributed by atoms with Crippen molar-refractivity contribution in [1.82, 2.24) is 14.9 Å². The van der Waals surface area contributed by atoms with Crippen LogP contribution in [0.15, 0.2) is 47.2 Å². The third kappa shape index (κ3) is 3.34. The van der Waals surface area contributed by atoms with Gasteiger partial charge in [0.25, 0.3) is 10.0 Å². The van der Waals surface area contributed by atoms with Crippen LogP contribution >= 0.6 is 11.3 Å². The Bertz CT molecular complexity index is 1090. The zero-order valence-corrected chi connectivity index (χ0v) is 15.7. The number of aromatic nitrogens is 2. The monoisotopic (exact) mass is 404 g/mol. The molecule has 1 aliphatic heterocycles. The molecular formula is C17H16N4O4S2. The molecule has 1 aliphatic rings. The van der Waals surface area contributed by atoms with E-state index in [4.69, 9.17) is 0 Å². The summed E-state index contributed by atoms with van der Waals surface area (Å²) in [5.41, 5.74) is 1.69. The molecule has 27 heavy (non-hydrogen) atoms. The van der Waals surface area contributed by atoms with Gasteiger partial charge in [-0.15, -0.1) is 11.3 Å². The molecule has 10 heteroatoms. The molecule has 140 valence electrons. The summed E-state index contributed by atoms with van der Waals surface area (Å²) in [7, 11) is -4.01. The maximum absolute atomic E-state index is 12.9. The highest BCUT2D eigenvalue weighted by Gasteiger charge is 2.32. The van der Waals surface area contributed by atoms with Crippen molar-refractivity contribution in [3.8, 4) is 5.69 Å². The van der Waals surface area contributed by atoms with Gasteiger partial charge in [-0.2, -0.15) is 0 Å². The number of aromatic carboxylic acids is 1. The van der Waals surface area contributed by atoms with Crippen LogP contribution in [0.3, 0.4) is 0 Å². The zero-order chi connectivity index (χ0) is 19.0. The van der Waals surface area contributed by atoms with E-state index in [0.717, 1.165) is 21.9 Å². The number of carbonyl (C=O) groups is 1. The molecule has 0 saturated heterocycles. The van der Waals surface area contributed by atoms with Crippen LogP contribution in [0.5, 0.6) is 0 Å². The molecule has 0 radical (unpaired) electrons. The van der Waals surface area contributed by atoms with Crippen molar-refractivity contribution in [2.75, 3.05) is 11.3 Å². The predicted octanol–water partition coefficient (Wildman–Crippen LogP) is 2.08. The van der Waals surface area contributed by atoms with Crippen molar-refractivity contribution < 1.29 is 18.3 Å². The van der Waals surface area contributed by atoms with Gasteiger partial charge in [-0.1, -0.05) is 0 Å². The van der Waals surface area contributed by atoms with E-state index in [-0.39, 0.29) is 9.77 Å². The first kappa shape index (κ1) is 17.7. The number of carboxylic acid groups (broad SMARTS) is 1. The lowest BCUT2D eigenvalue weighted by Crippen LogP contribution is -2.23. The molecule has 0 unspecified atom stereocenters. The summed E-state index contributed by atoms with van der Waals surface area (Å²) < 4.78 is 29.8. The molecule has 3 heterocycles. The molecule has 1 aromatic carbocycles. The zero-order valence-electron chi connectivity index (χ0n) is 14.0. The summed E-state index contributed by atoms with van der Waals surface area (Å²) in [5.74, 6) is -1.22. The Morgan fingerprint density at radius 1 is 1.30 bits per heavy atom. The average molecular weight is 404 g/mol. The number of fused-ring (bicyclic) bond motifs is 1.